The van der Waals surface area contributed by atoms with Gasteiger partial charge in [0, 0.05) is 11.4 Å². The van der Waals surface area contributed by atoms with Crippen LogP contribution in [0.25, 0.3) is 6.08 Å². The summed E-state index contributed by atoms with van der Waals surface area (Å²) < 4.78 is 12.2. The van der Waals surface area contributed by atoms with Gasteiger partial charge in [-0.25, -0.2) is 0 Å². The average molecular weight is 609 g/mol. The highest BCUT2D eigenvalue weighted by molar-refractivity contribution is 14.1. The Hall–Kier alpha value is -3.84. The molecule has 0 bridgehead atoms. The van der Waals surface area contributed by atoms with Gasteiger partial charge in [0.1, 0.15) is 11.6 Å². The molecule has 0 radical (unpaired) electrons. The molecule has 190 valence electrons. The third-order valence-electron chi connectivity index (χ3n) is 5.42. The number of rotatable bonds is 9. The number of hydrogen-bond acceptors (Lipinski definition) is 5. The number of carbonyl (C=O) groups excluding carboxylic acids is 2. The van der Waals surface area contributed by atoms with Crippen LogP contribution in [0.3, 0.4) is 0 Å². The van der Waals surface area contributed by atoms with Crippen LogP contribution in [-0.4, -0.2) is 25.0 Å². The van der Waals surface area contributed by atoms with Crippen molar-refractivity contribution in [2.45, 2.75) is 27.7 Å². The first kappa shape index (κ1) is 27.7. The number of hydrogen-bond donors (Lipinski definition) is 2. The van der Waals surface area contributed by atoms with Crippen LogP contribution in [0.2, 0.25) is 0 Å². The second-order valence-corrected chi connectivity index (χ2v) is 9.55. The highest BCUT2D eigenvalue weighted by Crippen LogP contribution is 2.35. The van der Waals surface area contributed by atoms with E-state index in [0.717, 1.165) is 16.7 Å². The lowest BCUT2D eigenvalue weighted by Gasteiger charge is -2.15. The van der Waals surface area contributed by atoms with Crippen molar-refractivity contribution in [1.82, 2.24) is 0 Å². The van der Waals surface area contributed by atoms with Crippen molar-refractivity contribution >= 4 is 51.9 Å². The van der Waals surface area contributed by atoms with Crippen LogP contribution < -0.4 is 20.1 Å². The maximum atomic E-state index is 12.7. The van der Waals surface area contributed by atoms with Crippen molar-refractivity contribution in [2.24, 2.45) is 0 Å². The molecule has 0 aliphatic rings. The Morgan fingerprint density at radius 1 is 0.973 bits per heavy atom. The zero-order chi connectivity index (χ0) is 26.9. The Kier molecular flexibility index (Phi) is 9.69. The molecule has 0 spiro atoms. The lowest BCUT2D eigenvalue weighted by Crippen LogP contribution is -2.20. The van der Waals surface area contributed by atoms with Crippen LogP contribution in [0.4, 0.5) is 11.4 Å². The maximum absolute atomic E-state index is 12.7. The summed E-state index contributed by atoms with van der Waals surface area (Å²) in [5.41, 5.74) is 5.07. The van der Waals surface area contributed by atoms with Gasteiger partial charge < -0.3 is 20.1 Å². The van der Waals surface area contributed by atoms with E-state index in [1.807, 2.05) is 70.2 Å². The number of nitrogens with one attached hydrogen (secondary N) is 2. The summed E-state index contributed by atoms with van der Waals surface area (Å²) in [5, 5.41) is 15.2. The predicted molar refractivity (Wildman–Crippen MR) is 154 cm³/mol. The van der Waals surface area contributed by atoms with Crippen molar-refractivity contribution in [3.05, 3.63) is 86.0 Å². The molecule has 0 atom stereocenters. The van der Waals surface area contributed by atoms with Crippen LogP contribution in [0.15, 0.2) is 60.2 Å². The van der Waals surface area contributed by atoms with Gasteiger partial charge in [0.25, 0.3) is 11.8 Å². The normalized spacial score (nSPS) is 10.9. The number of carbonyl (C=O) groups is 2. The number of halogens is 1. The molecule has 7 nitrogen and oxygen atoms in total. The quantitative estimate of drug-likeness (QED) is 0.172. The third-order valence-corrected chi connectivity index (χ3v) is 6.22. The molecular weight excluding hydrogens is 581 g/mol. The van der Waals surface area contributed by atoms with Crippen LogP contribution in [0.1, 0.15) is 29.2 Å². The number of nitrogens with zero attached hydrogens (tertiary/aromatic N) is 1. The van der Waals surface area contributed by atoms with Crippen LogP contribution in [0, 0.1) is 35.7 Å². The summed E-state index contributed by atoms with van der Waals surface area (Å²) >= 11 is 2.08. The van der Waals surface area contributed by atoms with Gasteiger partial charge in [0.2, 0.25) is 0 Å². The molecule has 0 fully saturated rings. The van der Waals surface area contributed by atoms with Gasteiger partial charge in [-0.3, -0.25) is 9.59 Å². The predicted octanol–water partition coefficient (Wildman–Crippen LogP) is 6.18. The van der Waals surface area contributed by atoms with E-state index in [9.17, 15) is 14.9 Å². The van der Waals surface area contributed by atoms with Crippen molar-refractivity contribution in [1.29, 1.82) is 5.26 Å². The lowest BCUT2D eigenvalue weighted by molar-refractivity contribution is -0.118. The van der Waals surface area contributed by atoms with Crippen LogP contribution >= 0.6 is 22.6 Å². The Labute approximate surface area is 230 Å². The largest absolute Gasteiger partial charge is 0.490 e. The molecule has 3 rings (SSSR count). The van der Waals surface area contributed by atoms with E-state index >= 15 is 0 Å². The summed E-state index contributed by atoms with van der Waals surface area (Å²) in [6.45, 7) is 7.91. The summed E-state index contributed by atoms with van der Waals surface area (Å²) in [6, 6.07) is 18.4. The van der Waals surface area contributed by atoms with Gasteiger partial charge >= 0.3 is 0 Å². The highest BCUT2D eigenvalue weighted by Gasteiger charge is 2.16. The molecule has 2 N–H and O–H groups in total. The van der Waals surface area contributed by atoms with Crippen molar-refractivity contribution in [2.75, 3.05) is 23.8 Å². The smallest absolute Gasteiger partial charge is 0.266 e. The summed E-state index contributed by atoms with van der Waals surface area (Å²) in [6.07, 6.45) is 1.49. The third kappa shape index (κ3) is 7.82. The maximum Gasteiger partial charge on any atom is 0.266 e. The zero-order valence-electron chi connectivity index (χ0n) is 21.1. The second-order valence-electron chi connectivity index (χ2n) is 8.39. The minimum absolute atomic E-state index is 0.0545. The minimum atomic E-state index is -0.510. The molecule has 0 saturated heterocycles. The molecule has 8 heteroatoms. The van der Waals surface area contributed by atoms with Gasteiger partial charge in [0.05, 0.1) is 10.2 Å². The Balaban J connectivity index is 1.77. The zero-order valence-corrected chi connectivity index (χ0v) is 23.3. The molecule has 37 heavy (non-hydrogen) atoms. The van der Waals surface area contributed by atoms with Crippen LogP contribution in [0.5, 0.6) is 11.5 Å². The molecule has 2 amide bonds. The van der Waals surface area contributed by atoms with Gasteiger partial charge in [-0.2, -0.15) is 5.26 Å². The van der Waals surface area contributed by atoms with E-state index in [2.05, 4.69) is 33.2 Å². The molecule has 3 aromatic rings. The monoisotopic (exact) mass is 609 g/mol. The van der Waals surface area contributed by atoms with Gasteiger partial charge in [-0.1, -0.05) is 18.2 Å². The lowest BCUT2D eigenvalue weighted by atomic mass is 10.1. The van der Waals surface area contributed by atoms with Crippen molar-refractivity contribution < 1.29 is 19.1 Å². The molecule has 0 unspecified atom stereocenters. The van der Waals surface area contributed by atoms with Gasteiger partial charge in [0.15, 0.2) is 18.1 Å². The first-order valence-corrected chi connectivity index (χ1v) is 12.7. The Morgan fingerprint density at radius 3 is 2.41 bits per heavy atom. The highest BCUT2D eigenvalue weighted by atomic mass is 127. The number of nitriles is 1. The van der Waals surface area contributed by atoms with E-state index < -0.39 is 5.91 Å². The molecule has 0 aliphatic carbocycles. The summed E-state index contributed by atoms with van der Waals surface area (Å²) in [4.78, 5) is 25.2. The minimum Gasteiger partial charge on any atom is -0.490 e. The number of aryl methyl sites for hydroxylation is 3. The SMILES string of the molecule is CCOc1cc(/C=C(\C#N)C(=O)Nc2cccc(C)c2)cc(I)c1OCC(=O)Nc1ccc(C)c(C)c1. The molecule has 3 aromatic carbocycles. The van der Waals surface area contributed by atoms with Crippen molar-refractivity contribution in [3.63, 3.8) is 0 Å². The fraction of sp³-hybridized carbons (Fsp3) is 0.207. The molecule has 0 heterocycles. The molecule has 0 saturated carbocycles. The number of benzene rings is 3. The van der Waals surface area contributed by atoms with E-state index in [1.165, 1.54) is 6.08 Å². The van der Waals surface area contributed by atoms with E-state index in [0.29, 0.717) is 38.6 Å². The van der Waals surface area contributed by atoms with Crippen molar-refractivity contribution in [3.8, 4) is 17.6 Å². The first-order chi connectivity index (χ1) is 17.7. The number of amides is 2. The van der Waals surface area contributed by atoms with E-state index in [-0.39, 0.29) is 18.1 Å². The average Bonchev–Trinajstić information content (AvgIpc) is 2.84. The Morgan fingerprint density at radius 2 is 1.73 bits per heavy atom. The van der Waals surface area contributed by atoms with E-state index in [1.54, 1.807) is 18.2 Å². The fourth-order valence-electron chi connectivity index (χ4n) is 3.46. The molecule has 0 aromatic heterocycles. The topological polar surface area (TPSA) is 100 Å². The molecular formula is C29H28IN3O4. The fourth-order valence-corrected chi connectivity index (χ4v) is 4.25. The summed E-state index contributed by atoms with van der Waals surface area (Å²) in [5.74, 6) is 0.0167. The first-order valence-electron chi connectivity index (χ1n) is 11.7. The van der Waals surface area contributed by atoms with Gasteiger partial charge in [-0.05, 0) is 115 Å². The summed E-state index contributed by atoms with van der Waals surface area (Å²) in [7, 11) is 0. The molecule has 0 aliphatic heterocycles. The Bertz CT molecular complexity index is 1390. The van der Waals surface area contributed by atoms with Crippen LogP contribution in [-0.2, 0) is 9.59 Å². The second kappa shape index (κ2) is 12.9. The van der Waals surface area contributed by atoms with E-state index in [4.69, 9.17) is 9.47 Å². The number of anilines is 2. The van der Waals surface area contributed by atoms with Gasteiger partial charge in [-0.15, -0.1) is 0 Å². The standard InChI is InChI=1S/C29H28IN3O4/c1-5-36-26-15-21(13-22(16-31)29(35)33-23-8-6-7-18(2)11-23)14-25(30)28(26)37-17-27(34)32-24-10-9-19(3)20(4)12-24/h6-15H,5,17H2,1-4H3,(H,32,34)(H,33,35)/b22-13+. The number of ether oxygens (including phenoxy) is 2.